The fourth-order valence-electron chi connectivity index (χ4n) is 2.40. The summed E-state index contributed by atoms with van der Waals surface area (Å²) in [4.78, 5) is 12.1. The minimum absolute atomic E-state index is 0.206. The van der Waals surface area contributed by atoms with Crippen molar-refractivity contribution in [2.75, 3.05) is 5.32 Å². The Balaban J connectivity index is 1.96. The van der Waals surface area contributed by atoms with Crippen LogP contribution in [0.1, 0.15) is 35.5 Å². The Hall–Kier alpha value is -2.89. The maximum atomic E-state index is 12.1. The van der Waals surface area contributed by atoms with E-state index in [9.17, 15) is 4.79 Å². The normalized spacial score (nSPS) is 10.7. The molecule has 0 aliphatic heterocycles. The highest BCUT2D eigenvalue weighted by atomic mass is 16.6. The van der Waals surface area contributed by atoms with Crippen molar-refractivity contribution in [2.45, 2.75) is 26.7 Å². The molecule has 0 saturated heterocycles. The van der Waals surface area contributed by atoms with Gasteiger partial charge in [0.15, 0.2) is 11.5 Å². The van der Waals surface area contributed by atoms with Gasteiger partial charge in [0, 0.05) is 5.56 Å². The van der Waals surface area contributed by atoms with Crippen LogP contribution in [-0.2, 0) is 12.8 Å². The van der Waals surface area contributed by atoms with Gasteiger partial charge in [0.05, 0.1) is 6.26 Å². The Bertz CT molecular complexity index is 806. The minimum atomic E-state index is -0.392. The first-order valence-electron chi connectivity index (χ1n) is 7.52. The Morgan fingerprint density at radius 1 is 1.17 bits per heavy atom. The molecular weight excluding hydrogens is 294 g/mol. The Kier molecular flexibility index (Phi) is 4.23. The van der Waals surface area contributed by atoms with Crippen molar-refractivity contribution in [1.82, 2.24) is 10.3 Å². The largest absolute Gasteiger partial charge is 0.459 e. The van der Waals surface area contributed by atoms with Crippen molar-refractivity contribution in [1.29, 1.82) is 0 Å². The monoisotopic (exact) mass is 311 g/mol. The summed E-state index contributed by atoms with van der Waals surface area (Å²) in [5.41, 5.74) is 3.75. The number of furan rings is 1. The highest BCUT2D eigenvalue weighted by Gasteiger charge is 2.19. The third-order valence-electron chi connectivity index (χ3n) is 3.68. The number of nitrogens with zero attached hydrogens (tertiary/aromatic N) is 2. The van der Waals surface area contributed by atoms with Crippen LogP contribution in [0.4, 0.5) is 5.82 Å². The molecule has 0 aliphatic rings. The molecule has 1 amide bonds. The molecule has 23 heavy (non-hydrogen) atoms. The van der Waals surface area contributed by atoms with Crippen molar-refractivity contribution in [2.24, 2.45) is 0 Å². The van der Waals surface area contributed by atoms with Gasteiger partial charge in [0.25, 0.3) is 5.91 Å². The molecule has 6 heteroatoms. The first kappa shape index (κ1) is 15.0. The second-order valence-corrected chi connectivity index (χ2v) is 5.09. The first-order chi connectivity index (χ1) is 11.2. The number of benzene rings is 1. The molecule has 0 atom stereocenters. The smallest absolute Gasteiger partial charge is 0.292 e. The third-order valence-corrected chi connectivity index (χ3v) is 3.68. The van der Waals surface area contributed by atoms with Crippen molar-refractivity contribution in [3.63, 3.8) is 0 Å². The molecule has 0 spiro atoms. The summed E-state index contributed by atoms with van der Waals surface area (Å²) >= 11 is 0. The predicted octanol–water partition coefficient (Wildman–Crippen LogP) is 3.71. The van der Waals surface area contributed by atoms with Crippen LogP contribution in [0.2, 0.25) is 0 Å². The fraction of sp³-hybridized carbons (Fsp3) is 0.235. The summed E-state index contributed by atoms with van der Waals surface area (Å²) in [5.74, 6) is 0.1000. The van der Waals surface area contributed by atoms with Gasteiger partial charge in [0.1, 0.15) is 0 Å². The number of hydrogen-bond acceptors (Lipinski definition) is 5. The lowest BCUT2D eigenvalue weighted by Crippen LogP contribution is -2.12. The summed E-state index contributed by atoms with van der Waals surface area (Å²) < 4.78 is 9.93. The summed E-state index contributed by atoms with van der Waals surface area (Å²) in [7, 11) is 0. The van der Waals surface area contributed by atoms with Crippen molar-refractivity contribution in [3.05, 3.63) is 53.5 Å². The Morgan fingerprint density at radius 2 is 2.04 bits per heavy atom. The lowest BCUT2D eigenvalue weighted by atomic mass is 9.98. The van der Waals surface area contributed by atoms with E-state index in [2.05, 4.69) is 47.7 Å². The average molecular weight is 311 g/mol. The van der Waals surface area contributed by atoms with Crippen LogP contribution in [0.15, 0.2) is 45.6 Å². The number of carbonyl (C=O) groups excluding carboxylic acids is 1. The van der Waals surface area contributed by atoms with Crippen LogP contribution in [0.25, 0.3) is 11.3 Å². The molecule has 3 aromatic rings. The number of aromatic nitrogens is 2. The van der Waals surface area contributed by atoms with E-state index in [0.717, 1.165) is 24.0 Å². The zero-order chi connectivity index (χ0) is 16.2. The SMILES string of the molecule is CCc1ccc(CC)c(-c2nonc2NC(=O)c2ccco2)c1. The molecule has 0 saturated carbocycles. The zero-order valence-electron chi connectivity index (χ0n) is 13.0. The molecule has 1 aromatic carbocycles. The molecule has 0 unspecified atom stereocenters. The van der Waals surface area contributed by atoms with Crippen LogP contribution in [0, 0.1) is 0 Å². The second-order valence-electron chi connectivity index (χ2n) is 5.09. The number of hydrogen-bond donors (Lipinski definition) is 1. The highest BCUT2D eigenvalue weighted by Crippen LogP contribution is 2.29. The minimum Gasteiger partial charge on any atom is -0.459 e. The number of amides is 1. The van der Waals surface area contributed by atoms with Crippen LogP contribution in [0.3, 0.4) is 0 Å². The van der Waals surface area contributed by atoms with E-state index in [1.165, 1.54) is 11.8 Å². The number of carbonyl (C=O) groups is 1. The molecule has 2 heterocycles. The molecule has 0 bridgehead atoms. The number of aryl methyl sites for hydroxylation is 2. The van der Waals surface area contributed by atoms with Crippen LogP contribution in [0.5, 0.6) is 0 Å². The van der Waals surface area contributed by atoms with Gasteiger partial charge >= 0.3 is 0 Å². The molecule has 2 aromatic heterocycles. The van der Waals surface area contributed by atoms with Crippen LogP contribution >= 0.6 is 0 Å². The lowest BCUT2D eigenvalue weighted by Gasteiger charge is -2.08. The summed E-state index contributed by atoms with van der Waals surface area (Å²) in [6.07, 6.45) is 3.20. The second kappa shape index (κ2) is 6.48. The van der Waals surface area contributed by atoms with Gasteiger partial charge in [-0.3, -0.25) is 10.1 Å². The van der Waals surface area contributed by atoms with Gasteiger partial charge in [-0.2, -0.15) is 0 Å². The quantitative estimate of drug-likeness (QED) is 0.777. The van der Waals surface area contributed by atoms with E-state index in [1.54, 1.807) is 12.1 Å². The topological polar surface area (TPSA) is 81.2 Å². The number of anilines is 1. The molecular formula is C17H17N3O3. The fourth-order valence-corrected chi connectivity index (χ4v) is 2.40. The van der Waals surface area contributed by atoms with Crippen molar-refractivity contribution in [3.8, 4) is 11.3 Å². The molecule has 1 N–H and O–H groups in total. The average Bonchev–Trinajstić information content (AvgIpc) is 3.25. The standard InChI is InChI=1S/C17H17N3O3/c1-3-11-7-8-12(4-2)13(10-11)15-16(20-23-19-15)18-17(21)14-6-5-9-22-14/h5-10H,3-4H2,1-2H3,(H,18,20,21). The van der Waals surface area contributed by atoms with Crippen LogP contribution < -0.4 is 5.32 Å². The Labute approximate surface area is 133 Å². The maximum Gasteiger partial charge on any atom is 0.292 e. The third kappa shape index (κ3) is 3.01. The molecule has 0 fully saturated rings. The van der Waals surface area contributed by atoms with Crippen molar-refractivity contribution >= 4 is 11.7 Å². The Morgan fingerprint density at radius 3 is 2.74 bits per heavy atom. The van der Waals surface area contributed by atoms with E-state index in [4.69, 9.17) is 9.05 Å². The summed E-state index contributed by atoms with van der Waals surface area (Å²) in [5, 5.41) is 10.5. The predicted molar refractivity (Wildman–Crippen MR) is 85.2 cm³/mol. The van der Waals surface area contributed by atoms with E-state index >= 15 is 0 Å². The van der Waals surface area contributed by atoms with Crippen LogP contribution in [-0.4, -0.2) is 16.2 Å². The van der Waals surface area contributed by atoms with Gasteiger partial charge in [-0.05, 0) is 52.5 Å². The summed E-state index contributed by atoms with van der Waals surface area (Å²) in [6, 6.07) is 9.45. The van der Waals surface area contributed by atoms with Gasteiger partial charge < -0.3 is 4.42 Å². The van der Waals surface area contributed by atoms with E-state index in [0.29, 0.717) is 5.69 Å². The lowest BCUT2D eigenvalue weighted by molar-refractivity contribution is 0.0995. The molecule has 0 radical (unpaired) electrons. The highest BCUT2D eigenvalue weighted by molar-refractivity contribution is 6.03. The summed E-state index contributed by atoms with van der Waals surface area (Å²) in [6.45, 7) is 4.16. The molecule has 3 rings (SSSR count). The van der Waals surface area contributed by atoms with E-state index < -0.39 is 5.91 Å². The van der Waals surface area contributed by atoms with E-state index in [-0.39, 0.29) is 11.6 Å². The van der Waals surface area contributed by atoms with Gasteiger partial charge in [0.2, 0.25) is 5.82 Å². The number of nitrogens with one attached hydrogen (secondary N) is 1. The maximum absolute atomic E-state index is 12.1. The van der Waals surface area contributed by atoms with Gasteiger partial charge in [-0.25, -0.2) is 4.63 Å². The van der Waals surface area contributed by atoms with Gasteiger partial charge in [-0.1, -0.05) is 26.0 Å². The molecule has 6 nitrogen and oxygen atoms in total. The van der Waals surface area contributed by atoms with Gasteiger partial charge in [-0.15, -0.1) is 0 Å². The number of rotatable bonds is 5. The van der Waals surface area contributed by atoms with E-state index in [1.807, 2.05) is 0 Å². The molecule has 0 aliphatic carbocycles. The zero-order valence-corrected chi connectivity index (χ0v) is 13.0. The first-order valence-corrected chi connectivity index (χ1v) is 7.52. The van der Waals surface area contributed by atoms with Crippen molar-refractivity contribution < 1.29 is 13.8 Å². The molecule has 118 valence electrons.